The van der Waals surface area contributed by atoms with Crippen LogP contribution in [0, 0.1) is 24.2 Å². The normalized spacial score (nSPS) is 14.1. The molecule has 1 aliphatic carbocycles. The van der Waals surface area contributed by atoms with Crippen LogP contribution in [0.1, 0.15) is 72.5 Å². The Morgan fingerprint density at radius 3 is 2.68 bits per heavy atom. The quantitative estimate of drug-likeness (QED) is 0.739. The highest BCUT2D eigenvalue weighted by Gasteiger charge is 2.19. The monoisotopic (exact) mass is 376 g/mol. The lowest BCUT2D eigenvalue weighted by molar-refractivity contribution is 0.0945. The molecule has 2 aromatic rings. The zero-order valence-corrected chi connectivity index (χ0v) is 16.9. The van der Waals surface area contributed by atoms with Crippen LogP contribution in [0.25, 0.3) is 0 Å². The maximum Gasteiger partial charge on any atom is 0.253 e. The van der Waals surface area contributed by atoms with Gasteiger partial charge in [-0.25, -0.2) is 4.98 Å². The molecular formula is C23H28N4O. The molecule has 0 radical (unpaired) electrons. The van der Waals surface area contributed by atoms with E-state index in [9.17, 15) is 4.79 Å². The topological polar surface area (TPSA) is 77.8 Å². The molecule has 5 nitrogen and oxygen atoms in total. The molecule has 28 heavy (non-hydrogen) atoms. The second-order valence-corrected chi connectivity index (χ2v) is 7.94. The van der Waals surface area contributed by atoms with E-state index < -0.39 is 0 Å². The minimum Gasteiger partial charge on any atom is -0.352 e. The molecule has 1 amide bonds. The van der Waals surface area contributed by atoms with Gasteiger partial charge < -0.3 is 10.6 Å². The van der Waals surface area contributed by atoms with Crippen LogP contribution in [0.15, 0.2) is 30.5 Å². The maximum absolute atomic E-state index is 12.7. The largest absolute Gasteiger partial charge is 0.352 e. The van der Waals surface area contributed by atoms with Crippen LogP contribution >= 0.6 is 0 Å². The number of nitrogens with zero attached hydrogens (tertiary/aromatic N) is 2. The summed E-state index contributed by atoms with van der Waals surface area (Å²) in [5, 5.41) is 15.4. The number of anilines is 2. The van der Waals surface area contributed by atoms with E-state index in [2.05, 4.69) is 35.5 Å². The van der Waals surface area contributed by atoms with Gasteiger partial charge in [-0.15, -0.1) is 0 Å². The van der Waals surface area contributed by atoms with Gasteiger partial charge in [0.2, 0.25) is 0 Å². The van der Waals surface area contributed by atoms with Gasteiger partial charge >= 0.3 is 0 Å². The van der Waals surface area contributed by atoms with E-state index in [0.717, 1.165) is 23.4 Å². The Balaban J connectivity index is 1.77. The summed E-state index contributed by atoms with van der Waals surface area (Å²) in [6, 6.07) is 9.61. The number of aryl methyl sites for hydroxylation is 1. The van der Waals surface area contributed by atoms with Crippen molar-refractivity contribution in [1.29, 1.82) is 5.26 Å². The van der Waals surface area contributed by atoms with E-state index >= 15 is 0 Å². The van der Waals surface area contributed by atoms with E-state index in [1.165, 1.54) is 25.7 Å². The van der Waals surface area contributed by atoms with Gasteiger partial charge in [-0.05, 0) is 67.0 Å². The molecule has 1 aliphatic rings. The molecule has 2 N–H and O–H groups in total. The van der Waals surface area contributed by atoms with E-state index in [4.69, 9.17) is 5.26 Å². The van der Waals surface area contributed by atoms with Crippen LogP contribution in [0.3, 0.4) is 0 Å². The number of nitrogens with one attached hydrogen (secondary N) is 2. The van der Waals surface area contributed by atoms with E-state index in [1.54, 1.807) is 12.3 Å². The number of rotatable bonds is 6. The van der Waals surface area contributed by atoms with Gasteiger partial charge in [0.05, 0.1) is 17.2 Å². The highest BCUT2D eigenvalue weighted by Crippen LogP contribution is 2.27. The summed E-state index contributed by atoms with van der Waals surface area (Å²) in [6.07, 6.45) is 6.63. The van der Waals surface area contributed by atoms with Crippen molar-refractivity contribution in [2.24, 2.45) is 5.92 Å². The molecule has 1 heterocycles. The molecule has 0 saturated heterocycles. The maximum atomic E-state index is 12.7. The average molecular weight is 377 g/mol. The molecule has 0 spiro atoms. The number of amides is 1. The van der Waals surface area contributed by atoms with Gasteiger partial charge in [0.1, 0.15) is 5.82 Å². The Labute approximate surface area is 167 Å². The first-order valence-electron chi connectivity index (χ1n) is 10.0. The molecule has 3 rings (SSSR count). The van der Waals surface area contributed by atoms with Gasteiger partial charge in [-0.2, -0.15) is 5.26 Å². The molecule has 0 bridgehead atoms. The summed E-state index contributed by atoms with van der Waals surface area (Å²) in [7, 11) is 0. The summed E-state index contributed by atoms with van der Waals surface area (Å²) in [5.41, 5.74) is 4.14. The first-order chi connectivity index (χ1) is 13.5. The molecule has 1 aromatic carbocycles. The molecule has 0 unspecified atom stereocenters. The lowest BCUT2D eigenvalue weighted by Gasteiger charge is -2.17. The third-order valence-electron chi connectivity index (χ3n) is 5.45. The second kappa shape index (κ2) is 8.88. The predicted octanol–water partition coefficient (Wildman–Crippen LogP) is 5.05. The smallest absolute Gasteiger partial charge is 0.253 e. The Bertz CT molecular complexity index is 892. The summed E-state index contributed by atoms with van der Waals surface area (Å²) >= 11 is 0. The van der Waals surface area contributed by atoms with E-state index in [0.29, 0.717) is 22.9 Å². The van der Waals surface area contributed by atoms with Crippen molar-refractivity contribution in [3.8, 4) is 6.07 Å². The van der Waals surface area contributed by atoms with Crippen LogP contribution in [0.2, 0.25) is 0 Å². The standard InChI is InChI=1S/C23H28N4O/c1-15(2)19-11-22(27-21-9-8-18(12-24)10-16(21)3)25-14-20(19)23(28)26-13-17-6-4-5-7-17/h8-11,14-15,17H,4-7,13H2,1-3H3,(H,25,27)(H,26,28). The van der Waals surface area contributed by atoms with Gasteiger partial charge in [0.25, 0.3) is 5.91 Å². The minimum atomic E-state index is -0.0378. The van der Waals surface area contributed by atoms with Crippen molar-refractivity contribution in [1.82, 2.24) is 10.3 Å². The van der Waals surface area contributed by atoms with Gasteiger partial charge in [0, 0.05) is 18.4 Å². The third kappa shape index (κ3) is 4.69. The zero-order chi connectivity index (χ0) is 20.1. The minimum absolute atomic E-state index is 0.0378. The van der Waals surface area contributed by atoms with E-state index in [1.807, 2.05) is 25.1 Å². The molecular weight excluding hydrogens is 348 g/mol. The number of carbonyl (C=O) groups excluding carboxylic acids is 1. The van der Waals surface area contributed by atoms with Gasteiger partial charge in [-0.3, -0.25) is 4.79 Å². The molecule has 0 atom stereocenters. The van der Waals surface area contributed by atoms with Crippen molar-refractivity contribution < 1.29 is 4.79 Å². The van der Waals surface area contributed by atoms with E-state index in [-0.39, 0.29) is 11.8 Å². The lowest BCUT2D eigenvalue weighted by atomic mass is 9.98. The summed E-state index contributed by atoms with van der Waals surface area (Å²) in [5.74, 6) is 1.48. The molecule has 0 aliphatic heterocycles. The number of carbonyl (C=O) groups is 1. The van der Waals surface area contributed by atoms with Crippen molar-refractivity contribution in [3.05, 3.63) is 52.7 Å². The predicted molar refractivity (Wildman–Crippen MR) is 112 cm³/mol. The number of hydrogen-bond acceptors (Lipinski definition) is 4. The Hall–Kier alpha value is -2.87. The van der Waals surface area contributed by atoms with Crippen LogP contribution in [0.5, 0.6) is 0 Å². The van der Waals surface area contributed by atoms with Crippen LogP contribution in [0.4, 0.5) is 11.5 Å². The summed E-state index contributed by atoms with van der Waals surface area (Å²) in [4.78, 5) is 17.2. The first-order valence-corrected chi connectivity index (χ1v) is 10.0. The Morgan fingerprint density at radius 2 is 2.04 bits per heavy atom. The summed E-state index contributed by atoms with van der Waals surface area (Å²) < 4.78 is 0. The Kier molecular flexibility index (Phi) is 6.30. The average Bonchev–Trinajstić information content (AvgIpc) is 3.21. The zero-order valence-electron chi connectivity index (χ0n) is 16.9. The molecule has 1 saturated carbocycles. The van der Waals surface area contributed by atoms with Crippen LogP contribution < -0.4 is 10.6 Å². The number of pyridine rings is 1. The number of benzene rings is 1. The lowest BCUT2D eigenvalue weighted by Crippen LogP contribution is -2.29. The van der Waals surface area contributed by atoms with Crippen molar-refractivity contribution >= 4 is 17.4 Å². The number of aromatic nitrogens is 1. The highest BCUT2D eigenvalue weighted by atomic mass is 16.1. The van der Waals surface area contributed by atoms with Crippen LogP contribution in [-0.4, -0.2) is 17.4 Å². The summed E-state index contributed by atoms with van der Waals surface area (Å²) in [6.45, 7) is 6.87. The Morgan fingerprint density at radius 1 is 1.29 bits per heavy atom. The van der Waals surface area contributed by atoms with Crippen molar-refractivity contribution in [3.63, 3.8) is 0 Å². The fourth-order valence-corrected chi connectivity index (χ4v) is 3.76. The second-order valence-electron chi connectivity index (χ2n) is 7.94. The van der Waals surface area contributed by atoms with Crippen molar-refractivity contribution in [2.75, 3.05) is 11.9 Å². The van der Waals surface area contributed by atoms with Crippen LogP contribution in [-0.2, 0) is 0 Å². The number of hydrogen-bond donors (Lipinski definition) is 2. The highest BCUT2D eigenvalue weighted by molar-refractivity contribution is 5.96. The SMILES string of the molecule is Cc1cc(C#N)ccc1Nc1cc(C(C)C)c(C(=O)NCC2CCCC2)cn1. The fraction of sp³-hybridized carbons (Fsp3) is 0.435. The molecule has 1 fully saturated rings. The van der Waals surface area contributed by atoms with Gasteiger partial charge in [0.15, 0.2) is 0 Å². The molecule has 5 heteroatoms. The molecule has 146 valence electrons. The third-order valence-corrected chi connectivity index (χ3v) is 5.45. The number of nitriles is 1. The van der Waals surface area contributed by atoms with Gasteiger partial charge in [-0.1, -0.05) is 26.7 Å². The molecule has 1 aromatic heterocycles. The fourth-order valence-electron chi connectivity index (χ4n) is 3.76. The first kappa shape index (κ1) is 19.9. The van der Waals surface area contributed by atoms with Crippen molar-refractivity contribution in [2.45, 2.75) is 52.4 Å².